The maximum atomic E-state index is 13.0. The summed E-state index contributed by atoms with van der Waals surface area (Å²) in [5, 5.41) is 9.81. The van der Waals surface area contributed by atoms with Crippen molar-refractivity contribution in [3.8, 4) is 11.1 Å². The summed E-state index contributed by atoms with van der Waals surface area (Å²) >= 11 is 0. The predicted molar refractivity (Wildman–Crippen MR) is 110 cm³/mol. The maximum Gasteiger partial charge on any atom is 0.410 e. The molecule has 2 aliphatic rings. The molecule has 1 amide bonds. The first-order valence-corrected chi connectivity index (χ1v) is 10.2. The van der Waals surface area contributed by atoms with Crippen LogP contribution in [0.5, 0.6) is 0 Å². The molecule has 2 aliphatic carbocycles. The summed E-state index contributed by atoms with van der Waals surface area (Å²) in [5.74, 6) is 0.574. The molecule has 0 aliphatic heterocycles. The number of hydrogen-bond acceptors (Lipinski definition) is 3. The van der Waals surface area contributed by atoms with Gasteiger partial charge < -0.3 is 14.7 Å². The van der Waals surface area contributed by atoms with Crippen molar-refractivity contribution in [2.24, 2.45) is 5.92 Å². The lowest BCUT2D eigenvalue weighted by Crippen LogP contribution is -2.53. The lowest BCUT2D eigenvalue weighted by molar-refractivity contribution is 0.0186. The molecule has 1 N–H and O–H groups in total. The summed E-state index contributed by atoms with van der Waals surface area (Å²) < 4.78 is 5.84. The summed E-state index contributed by atoms with van der Waals surface area (Å²) in [4.78, 5) is 14.7. The van der Waals surface area contributed by atoms with E-state index in [1.54, 1.807) is 4.90 Å². The van der Waals surface area contributed by atoms with Crippen LogP contribution in [0, 0.1) is 5.92 Å². The molecule has 0 radical (unpaired) electrons. The minimum atomic E-state index is -0.627. The molecular weight excluding hydrogens is 350 g/mol. The number of aliphatic hydroxyl groups excluding tert-OH is 1. The van der Waals surface area contributed by atoms with Crippen molar-refractivity contribution < 1.29 is 14.6 Å². The van der Waals surface area contributed by atoms with Gasteiger partial charge in [0.25, 0.3) is 0 Å². The summed E-state index contributed by atoms with van der Waals surface area (Å²) in [7, 11) is 0. The number of nitrogens with zero attached hydrogens (tertiary/aromatic N) is 1. The van der Waals surface area contributed by atoms with E-state index in [-0.39, 0.29) is 18.6 Å². The van der Waals surface area contributed by atoms with Gasteiger partial charge in [-0.25, -0.2) is 4.79 Å². The normalized spacial score (nSPS) is 16.2. The molecule has 0 atom stereocenters. The second-order valence-electron chi connectivity index (χ2n) is 8.68. The van der Waals surface area contributed by atoms with E-state index in [9.17, 15) is 9.90 Å². The largest absolute Gasteiger partial charge is 0.448 e. The van der Waals surface area contributed by atoms with Crippen LogP contribution in [-0.2, 0) is 4.74 Å². The number of carbonyl (C=O) groups excluding carboxylic acids is 1. The molecule has 0 heterocycles. The molecule has 148 valence electrons. The third-order valence-electron chi connectivity index (χ3n) is 6.34. The molecule has 28 heavy (non-hydrogen) atoms. The van der Waals surface area contributed by atoms with E-state index in [0.717, 1.165) is 12.8 Å². The number of hydrogen-bond donors (Lipinski definition) is 1. The fraction of sp³-hybridized carbons (Fsp3) is 0.458. The Kier molecular flexibility index (Phi) is 5.15. The minimum Gasteiger partial charge on any atom is -0.448 e. The molecule has 2 aromatic rings. The summed E-state index contributed by atoms with van der Waals surface area (Å²) in [6, 6.07) is 16.7. The van der Waals surface area contributed by atoms with Gasteiger partial charge in [-0.2, -0.15) is 0 Å². The highest BCUT2D eigenvalue weighted by Gasteiger charge is 2.36. The summed E-state index contributed by atoms with van der Waals surface area (Å²) in [6.07, 6.45) is 3.19. The van der Waals surface area contributed by atoms with Gasteiger partial charge in [0.15, 0.2) is 0 Å². The highest BCUT2D eigenvalue weighted by atomic mass is 16.6. The van der Waals surface area contributed by atoms with Gasteiger partial charge in [0, 0.05) is 12.5 Å². The number of fused-ring (bicyclic) bond motifs is 3. The third kappa shape index (κ3) is 3.42. The molecule has 0 spiro atoms. The zero-order chi connectivity index (χ0) is 19.7. The van der Waals surface area contributed by atoms with Crippen molar-refractivity contribution in [1.29, 1.82) is 0 Å². The Morgan fingerprint density at radius 2 is 1.64 bits per heavy atom. The maximum absolute atomic E-state index is 13.0. The number of rotatable bonds is 6. The Labute approximate surface area is 167 Å². The van der Waals surface area contributed by atoms with Crippen molar-refractivity contribution in [3.63, 3.8) is 0 Å². The first-order chi connectivity index (χ1) is 13.5. The summed E-state index contributed by atoms with van der Waals surface area (Å²) in [5.41, 5.74) is 4.24. The second kappa shape index (κ2) is 7.59. The molecule has 4 nitrogen and oxygen atoms in total. The Bertz CT molecular complexity index is 811. The molecule has 4 heteroatoms. The fourth-order valence-corrected chi connectivity index (χ4v) is 4.26. The second-order valence-corrected chi connectivity index (χ2v) is 8.68. The van der Waals surface area contributed by atoms with Gasteiger partial charge in [-0.3, -0.25) is 0 Å². The lowest BCUT2D eigenvalue weighted by Gasteiger charge is -2.40. The van der Waals surface area contributed by atoms with Gasteiger partial charge in [-0.05, 0) is 54.9 Å². The predicted octanol–water partition coefficient (Wildman–Crippen LogP) is 4.81. The smallest absolute Gasteiger partial charge is 0.410 e. The van der Waals surface area contributed by atoms with Crippen LogP contribution in [0.25, 0.3) is 11.1 Å². The van der Waals surface area contributed by atoms with Crippen LogP contribution in [0.4, 0.5) is 4.79 Å². The molecule has 4 rings (SSSR count). The van der Waals surface area contributed by atoms with Crippen LogP contribution in [0.2, 0.25) is 0 Å². The highest BCUT2D eigenvalue weighted by Crippen LogP contribution is 2.44. The molecule has 0 bridgehead atoms. The van der Waals surface area contributed by atoms with Gasteiger partial charge >= 0.3 is 6.09 Å². The van der Waals surface area contributed by atoms with Crippen LogP contribution in [0.3, 0.4) is 0 Å². The van der Waals surface area contributed by atoms with E-state index in [4.69, 9.17) is 4.74 Å². The van der Waals surface area contributed by atoms with E-state index in [1.165, 1.54) is 28.7 Å². The first kappa shape index (κ1) is 19.0. The van der Waals surface area contributed by atoms with Gasteiger partial charge in [0.1, 0.15) is 6.61 Å². The molecule has 0 aromatic heterocycles. The third-order valence-corrected chi connectivity index (χ3v) is 6.34. The fourth-order valence-electron chi connectivity index (χ4n) is 4.26. The van der Waals surface area contributed by atoms with Crippen LogP contribution in [0.1, 0.15) is 50.2 Å². The zero-order valence-corrected chi connectivity index (χ0v) is 16.7. The van der Waals surface area contributed by atoms with Gasteiger partial charge in [-0.1, -0.05) is 55.0 Å². The van der Waals surface area contributed by atoms with E-state index in [2.05, 4.69) is 24.3 Å². The molecule has 0 unspecified atom stereocenters. The molecule has 1 fully saturated rings. The number of ether oxygens (including phenoxy) is 1. The molecule has 1 saturated carbocycles. The zero-order valence-electron chi connectivity index (χ0n) is 16.7. The van der Waals surface area contributed by atoms with Crippen molar-refractivity contribution in [3.05, 3.63) is 59.7 Å². The minimum absolute atomic E-state index is 0.0548. The van der Waals surface area contributed by atoms with Gasteiger partial charge in [-0.15, -0.1) is 0 Å². The first-order valence-electron chi connectivity index (χ1n) is 10.2. The lowest BCUT2D eigenvalue weighted by atomic mass is 9.84. The van der Waals surface area contributed by atoms with Crippen LogP contribution in [0.15, 0.2) is 48.5 Å². The van der Waals surface area contributed by atoms with Crippen molar-refractivity contribution in [2.45, 2.75) is 44.6 Å². The number of aliphatic hydroxyl groups is 1. The quantitative estimate of drug-likeness (QED) is 0.784. The Balaban J connectivity index is 1.52. The SMILES string of the molecule is CC(C)(CO)N(CC1CCC1)C(=O)OCC1c2ccccc2-c2ccccc21. The Morgan fingerprint density at radius 3 is 2.14 bits per heavy atom. The van der Waals surface area contributed by atoms with Crippen molar-refractivity contribution >= 4 is 6.09 Å². The monoisotopic (exact) mass is 379 g/mol. The average molecular weight is 380 g/mol. The van der Waals surface area contributed by atoms with Gasteiger partial charge in [0.2, 0.25) is 0 Å². The molecular formula is C24H29NO3. The van der Waals surface area contributed by atoms with Gasteiger partial charge in [0.05, 0.1) is 12.1 Å². The van der Waals surface area contributed by atoms with E-state index in [1.807, 2.05) is 38.1 Å². The van der Waals surface area contributed by atoms with Crippen molar-refractivity contribution in [2.75, 3.05) is 19.8 Å². The Hall–Kier alpha value is -2.33. The van der Waals surface area contributed by atoms with Crippen LogP contribution >= 0.6 is 0 Å². The average Bonchev–Trinajstić information content (AvgIpc) is 2.99. The molecule has 0 saturated heterocycles. The standard InChI is InChI=1S/C24H29NO3/c1-24(2,16-26)25(14-17-8-7-9-17)23(27)28-15-22-20-12-5-3-10-18(20)19-11-4-6-13-21(19)22/h3-6,10-13,17,22,26H,7-9,14-16H2,1-2H3. The van der Waals surface area contributed by atoms with E-state index < -0.39 is 5.54 Å². The van der Waals surface area contributed by atoms with E-state index >= 15 is 0 Å². The Morgan fingerprint density at radius 1 is 1.07 bits per heavy atom. The topological polar surface area (TPSA) is 49.8 Å². The number of carbonyl (C=O) groups is 1. The molecule has 2 aromatic carbocycles. The number of amides is 1. The summed E-state index contributed by atoms with van der Waals surface area (Å²) in [6.45, 7) is 4.68. The highest BCUT2D eigenvalue weighted by molar-refractivity contribution is 5.79. The number of benzene rings is 2. The van der Waals surface area contributed by atoms with Crippen molar-refractivity contribution in [1.82, 2.24) is 4.90 Å². The van der Waals surface area contributed by atoms with Crippen LogP contribution < -0.4 is 0 Å². The van der Waals surface area contributed by atoms with E-state index in [0.29, 0.717) is 19.1 Å². The van der Waals surface area contributed by atoms with Crippen LogP contribution in [-0.4, -0.2) is 41.4 Å².